The van der Waals surface area contributed by atoms with E-state index < -0.39 is 7.05 Å². The maximum atomic E-state index is 5.43. The quantitative estimate of drug-likeness (QED) is 0.253. The Kier molecular flexibility index (Phi) is 11.2. The van der Waals surface area contributed by atoms with Crippen molar-refractivity contribution < 1.29 is 21.7 Å². The van der Waals surface area contributed by atoms with Crippen LogP contribution in [0.5, 0.6) is 0 Å². The van der Waals surface area contributed by atoms with Crippen molar-refractivity contribution in [1.82, 2.24) is 0 Å². The molecule has 0 N–H and O–H groups in total. The van der Waals surface area contributed by atoms with E-state index in [1.165, 1.54) is 5.70 Å². The van der Waals surface area contributed by atoms with Gasteiger partial charge in [0.15, 0.2) is 0 Å². The van der Waals surface area contributed by atoms with Gasteiger partial charge in [0.2, 0.25) is 0 Å². The minimum Gasteiger partial charge on any atom is -0.270 e. The first-order valence-electron chi connectivity index (χ1n) is 8.96. The minimum absolute atomic E-state index is 0. The summed E-state index contributed by atoms with van der Waals surface area (Å²) in [6.07, 6.45) is 13.1. The molecule has 0 spiro atoms. The first-order valence-corrected chi connectivity index (χ1v) is 10.7. The standard InChI is InChI=1S/C17H32NP.C5H8.Ti/c1-15(2,3)19(16(4,5)6,17(7,8)9)18-14-12-10-11-13-14;1-3-5-4-2;/h10-12H,13H2,1-9H3;3-5H,1H2,2H3;. The Balaban J connectivity index is 0. The van der Waals surface area contributed by atoms with Crippen molar-refractivity contribution >= 4 is 7.05 Å². The van der Waals surface area contributed by atoms with Crippen molar-refractivity contribution in [1.29, 1.82) is 0 Å². The molecule has 3 heteroatoms. The van der Waals surface area contributed by atoms with Gasteiger partial charge in [-0.05, 0) is 35.5 Å². The van der Waals surface area contributed by atoms with Crippen LogP contribution in [0.15, 0.2) is 53.5 Å². The van der Waals surface area contributed by atoms with Gasteiger partial charge in [-0.1, -0.05) is 99.3 Å². The predicted molar refractivity (Wildman–Crippen MR) is 115 cm³/mol. The Bertz CT molecular complexity index is 516. The van der Waals surface area contributed by atoms with Crippen LogP contribution in [0.25, 0.3) is 0 Å². The van der Waals surface area contributed by atoms with Gasteiger partial charge in [-0.3, -0.25) is 4.74 Å². The Morgan fingerprint density at radius 1 is 0.960 bits per heavy atom. The molecule has 1 rings (SSSR count). The Labute approximate surface area is 173 Å². The number of rotatable bonds is 2. The molecule has 1 nitrogen and oxygen atoms in total. The molecule has 0 heterocycles. The van der Waals surface area contributed by atoms with Crippen molar-refractivity contribution in [3.8, 4) is 0 Å². The van der Waals surface area contributed by atoms with Crippen LogP contribution in [-0.4, -0.2) is 15.5 Å². The normalized spacial score (nSPS) is 15.2. The first kappa shape index (κ1) is 27.1. The second-order valence-electron chi connectivity index (χ2n) is 9.30. The zero-order valence-corrected chi connectivity index (χ0v) is 20.7. The summed E-state index contributed by atoms with van der Waals surface area (Å²) in [5, 5.41) is 0.646. The van der Waals surface area contributed by atoms with Gasteiger partial charge >= 0.3 is 0 Å². The Morgan fingerprint density at radius 3 is 1.60 bits per heavy atom. The van der Waals surface area contributed by atoms with Gasteiger partial charge in [-0.25, -0.2) is 0 Å². The van der Waals surface area contributed by atoms with Crippen LogP contribution in [0, 0.1) is 0 Å². The van der Waals surface area contributed by atoms with Gasteiger partial charge in [-0.15, -0.1) is 0 Å². The Hall–Kier alpha value is -0.0957. The van der Waals surface area contributed by atoms with Gasteiger partial charge in [0.05, 0.1) is 0 Å². The molecule has 0 aromatic heterocycles. The summed E-state index contributed by atoms with van der Waals surface area (Å²) in [5.41, 5.74) is 1.27. The third-order valence-corrected chi connectivity index (χ3v) is 10.7. The van der Waals surface area contributed by atoms with Crippen LogP contribution in [0.4, 0.5) is 0 Å². The maximum absolute atomic E-state index is 5.43. The first-order chi connectivity index (χ1) is 10.7. The second kappa shape index (κ2) is 10.3. The maximum Gasteiger partial charge on any atom is 0.0425 e. The van der Waals surface area contributed by atoms with E-state index in [0.717, 1.165) is 6.42 Å². The third-order valence-electron chi connectivity index (χ3n) is 4.27. The smallest absolute Gasteiger partial charge is 0.0425 e. The van der Waals surface area contributed by atoms with Crippen LogP contribution >= 0.6 is 7.05 Å². The molecule has 1 aliphatic rings. The summed E-state index contributed by atoms with van der Waals surface area (Å²) in [6.45, 7) is 26.8. The van der Waals surface area contributed by atoms with Crippen LogP contribution < -0.4 is 0 Å². The molecule has 0 bridgehead atoms. The average molecular weight is 397 g/mol. The number of hydrogen-bond acceptors (Lipinski definition) is 1. The van der Waals surface area contributed by atoms with E-state index in [1.807, 2.05) is 19.1 Å². The van der Waals surface area contributed by atoms with Gasteiger partial charge < -0.3 is 0 Å². The molecule has 0 saturated carbocycles. The molecule has 0 aliphatic heterocycles. The molecule has 0 aromatic rings. The molecule has 25 heavy (non-hydrogen) atoms. The molecule has 0 unspecified atom stereocenters. The van der Waals surface area contributed by atoms with E-state index in [1.54, 1.807) is 6.08 Å². The molecule has 0 atom stereocenters. The molecule has 0 radical (unpaired) electrons. The molecule has 0 saturated heterocycles. The zero-order valence-electron chi connectivity index (χ0n) is 18.3. The van der Waals surface area contributed by atoms with Crippen molar-refractivity contribution in [2.45, 2.75) is 91.1 Å². The van der Waals surface area contributed by atoms with Crippen LogP contribution in [0.1, 0.15) is 75.7 Å². The molecule has 0 aromatic carbocycles. The summed E-state index contributed by atoms with van der Waals surface area (Å²) in [7, 11) is -1.58. The van der Waals surface area contributed by atoms with Gasteiger partial charge in [-0.2, -0.15) is 0 Å². The molecule has 1 aliphatic carbocycles. The van der Waals surface area contributed by atoms with E-state index in [4.69, 9.17) is 4.74 Å². The zero-order chi connectivity index (χ0) is 19.2. The van der Waals surface area contributed by atoms with Crippen LogP contribution in [0.3, 0.4) is 0 Å². The largest absolute Gasteiger partial charge is 0.270 e. The molecular weight excluding hydrogens is 357 g/mol. The second-order valence-corrected chi connectivity index (χ2v) is 14.8. The van der Waals surface area contributed by atoms with E-state index in [0.29, 0.717) is 0 Å². The van der Waals surface area contributed by atoms with E-state index in [-0.39, 0.29) is 37.2 Å². The van der Waals surface area contributed by atoms with Gasteiger partial charge in [0, 0.05) is 33.8 Å². The fourth-order valence-electron chi connectivity index (χ4n) is 4.31. The summed E-state index contributed by atoms with van der Waals surface area (Å²) >= 11 is 0. The van der Waals surface area contributed by atoms with Crippen molar-refractivity contribution in [3.05, 3.63) is 48.7 Å². The molecule has 0 fully saturated rings. The fourth-order valence-corrected chi connectivity index (χ4v) is 11.8. The number of hydrogen-bond donors (Lipinski definition) is 0. The monoisotopic (exact) mass is 397 g/mol. The minimum atomic E-state index is -1.58. The van der Waals surface area contributed by atoms with Crippen LogP contribution in [0.2, 0.25) is 0 Å². The number of nitrogens with zero attached hydrogens (tertiary/aromatic N) is 1. The average Bonchev–Trinajstić information content (AvgIpc) is 2.85. The van der Waals surface area contributed by atoms with Crippen LogP contribution in [-0.2, 0) is 21.7 Å². The summed E-state index contributed by atoms with van der Waals surface area (Å²) in [6, 6.07) is 0. The van der Waals surface area contributed by atoms with E-state index in [9.17, 15) is 0 Å². The molecule has 0 amide bonds. The predicted octanol–water partition coefficient (Wildman–Crippen LogP) is 8.17. The number of allylic oxidation sites excluding steroid dienone is 6. The van der Waals surface area contributed by atoms with E-state index >= 15 is 0 Å². The fraction of sp³-hybridized carbons (Fsp3) is 0.636. The summed E-state index contributed by atoms with van der Waals surface area (Å²) < 4.78 is 5.43. The Morgan fingerprint density at radius 2 is 1.40 bits per heavy atom. The SMILES string of the molecule is C=CC=CC.CC(C)(C)P(=NC1=CC=CC1)(C(C)(C)C)C(C)(C)C.[Ti]. The van der Waals surface area contributed by atoms with Gasteiger partial charge in [0.1, 0.15) is 0 Å². The molecule has 142 valence electrons. The van der Waals surface area contributed by atoms with Crippen molar-refractivity contribution in [2.24, 2.45) is 4.74 Å². The van der Waals surface area contributed by atoms with Gasteiger partial charge in [0.25, 0.3) is 0 Å². The van der Waals surface area contributed by atoms with Crippen molar-refractivity contribution in [3.63, 3.8) is 0 Å². The van der Waals surface area contributed by atoms with E-state index in [2.05, 4.69) is 87.1 Å². The van der Waals surface area contributed by atoms with Crippen molar-refractivity contribution in [2.75, 3.05) is 0 Å². The summed E-state index contributed by atoms with van der Waals surface area (Å²) in [5.74, 6) is 0. The summed E-state index contributed by atoms with van der Waals surface area (Å²) in [4.78, 5) is 0. The molecular formula is C22H40NPTi. The third kappa shape index (κ3) is 6.85. The topological polar surface area (TPSA) is 12.4 Å².